The molecule has 2 rings (SSSR count). The molecular weight excluding hydrogens is 235 g/mol. The van der Waals surface area contributed by atoms with Crippen LogP contribution < -0.4 is 10.6 Å². The largest absolute Gasteiger partial charge is 0.396 e. The zero-order chi connectivity index (χ0) is 13.0. The number of benzene rings is 1. The van der Waals surface area contributed by atoms with Gasteiger partial charge in [-0.25, -0.2) is 9.18 Å². The van der Waals surface area contributed by atoms with E-state index in [-0.39, 0.29) is 24.0 Å². The molecule has 0 unspecified atom stereocenters. The zero-order valence-electron chi connectivity index (χ0n) is 10.1. The Labute approximate surface area is 105 Å². The van der Waals surface area contributed by atoms with Gasteiger partial charge in [-0.3, -0.25) is 0 Å². The van der Waals surface area contributed by atoms with Gasteiger partial charge < -0.3 is 15.7 Å². The molecule has 0 heterocycles. The molecule has 18 heavy (non-hydrogen) atoms. The Morgan fingerprint density at radius 1 is 1.44 bits per heavy atom. The van der Waals surface area contributed by atoms with E-state index in [0.717, 1.165) is 19.3 Å². The third-order valence-corrected chi connectivity index (χ3v) is 3.36. The maximum atomic E-state index is 12.9. The van der Waals surface area contributed by atoms with Gasteiger partial charge in [-0.2, -0.15) is 0 Å². The van der Waals surface area contributed by atoms with Crippen molar-refractivity contribution in [1.82, 2.24) is 5.32 Å². The molecule has 0 spiro atoms. The minimum atomic E-state index is -0.387. The average molecular weight is 252 g/mol. The van der Waals surface area contributed by atoms with Gasteiger partial charge in [0, 0.05) is 17.8 Å². The second-order valence-electron chi connectivity index (χ2n) is 4.70. The number of carbonyl (C=O) groups is 1. The summed E-state index contributed by atoms with van der Waals surface area (Å²) in [6.45, 7) is 0.0558. The summed E-state index contributed by atoms with van der Waals surface area (Å²) in [5.74, 6) is -0.387. The number of aliphatic hydroxyl groups is 1. The van der Waals surface area contributed by atoms with Gasteiger partial charge in [-0.05, 0) is 43.9 Å². The van der Waals surface area contributed by atoms with Crippen molar-refractivity contribution < 1.29 is 14.3 Å². The van der Waals surface area contributed by atoms with Crippen LogP contribution in [0, 0.1) is 5.82 Å². The molecule has 0 atom stereocenters. The highest BCUT2D eigenvalue weighted by atomic mass is 19.1. The van der Waals surface area contributed by atoms with Gasteiger partial charge >= 0.3 is 6.03 Å². The van der Waals surface area contributed by atoms with Crippen LogP contribution in [0.5, 0.6) is 0 Å². The molecule has 1 aliphatic rings. The van der Waals surface area contributed by atoms with Crippen molar-refractivity contribution in [3.8, 4) is 0 Å². The summed E-state index contributed by atoms with van der Waals surface area (Å²) in [7, 11) is 0. The number of nitrogens with one attached hydrogen (secondary N) is 2. The molecule has 1 aromatic rings. The van der Waals surface area contributed by atoms with Gasteiger partial charge in [0.15, 0.2) is 0 Å². The van der Waals surface area contributed by atoms with Crippen molar-refractivity contribution in [2.75, 3.05) is 11.9 Å². The summed E-state index contributed by atoms with van der Waals surface area (Å²) in [6, 6.07) is 5.40. The first-order chi connectivity index (χ1) is 8.63. The fourth-order valence-electron chi connectivity index (χ4n) is 2.22. The van der Waals surface area contributed by atoms with E-state index in [9.17, 15) is 9.18 Å². The van der Waals surface area contributed by atoms with Crippen molar-refractivity contribution in [3.63, 3.8) is 0 Å². The molecule has 98 valence electrons. The molecular formula is C13H17FN2O2. The number of carbonyl (C=O) groups excluding carboxylic acids is 1. The molecule has 0 aromatic heterocycles. The van der Waals surface area contributed by atoms with E-state index in [2.05, 4.69) is 10.6 Å². The van der Waals surface area contributed by atoms with Crippen molar-refractivity contribution in [3.05, 3.63) is 30.1 Å². The van der Waals surface area contributed by atoms with Crippen LogP contribution >= 0.6 is 0 Å². The number of anilines is 1. The molecule has 2 amide bonds. The van der Waals surface area contributed by atoms with Crippen molar-refractivity contribution in [2.45, 2.75) is 31.2 Å². The first-order valence-electron chi connectivity index (χ1n) is 6.09. The summed E-state index contributed by atoms with van der Waals surface area (Å²) in [4.78, 5) is 11.8. The van der Waals surface area contributed by atoms with Crippen LogP contribution in [-0.4, -0.2) is 23.3 Å². The standard InChI is InChI=1S/C13H17FN2O2/c14-10-3-1-4-11(9-10)15-12(18)16-13(7-8-17)5-2-6-13/h1,3-4,9,17H,2,5-8H2,(H2,15,16,18). The number of hydrogen-bond donors (Lipinski definition) is 3. The topological polar surface area (TPSA) is 61.4 Å². The summed E-state index contributed by atoms with van der Waals surface area (Å²) >= 11 is 0. The molecule has 4 nitrogen and oxygen atoms in total. The van der Waals surface area contributed by atoms with Gasteiger partial charge in [-0.15, -0.1) is 0 Å². The van der Waals surface area contributed by atoms with E-state index in [1.54, 1.807) is 6.07 Å². The normalized spacial score (nSPS) is 16.8. The summed E-state index contributed by atoms with van der Waals surface area (Å²) in [5, 5.41) is 14.4. The lowest BCUT2D eigenvalue weighted by molar-refractivity contribution is 0.139. The Kier molecular flexibility index (Phi) is 3.81. The van der Waals surface area contributed by atoms with E-state index < -0.39 is 0 Å². The van der Waals surface area contributed by atoms with Crippen molar-refractivity contribution in [2.24, 2.45) is 0 Å². The number of amides is 2. The second-order valence-corrected chi connectivity index (χ2v) is 4.70. The monoisotopic (exact) mass is 252 g/mol. The Morgan fingerprint density at radius 2 is 2.22 bits per heavy atom. The predicted molar refractivity (Wildman–Crippen MR) is 66.8 cm³/mol. The first-order valence-corrected chi connectivity index (χ1v) is 6.09. The first kappa shape index (κ1) is 12.8. The maximum absolute atomic E-state index is 12.9. The summed E-state index contributed by atoms with van der Waals surface area (Å²) in [5.41, 5.74) is 0.137. The lowest BCUT2D eigenvalue weighted by atomic mass is 9.74. The number of halogens is 1. The number of aliphatic hydroxyl groups excluding tert-OH is 1. The van der Waals surface area contributed by atoms with Crippen LogP contribution in [0.1, 0.15) is 25.7 Å². The average Bonchev–Trinajstić information content (AvgIpc) is 2.26. The van der Waals surface area contributed by atoms with Crippen LogP contribution in [0.15, 0.2) is 24.3 Å². The highest BCUT2D eigenvalue weighted by Gasteiger charge is 2.37. The Balaban J connectivity index is 1.92. The maximum Gasteiger partial charge on any atom is 0.319 e. The zero-order valence-corrected chi connectivity index (χ0v) is 10.1. The van der Waals surface area contributed by atoms with Gasteiger partial charge in [0.1, 0.15) is 5.82 Å². The van der Waals surface area contributed by atoms with Crippen LogP contribution in [0.2, 0.25) is 0 Å². The lowest BCUT2D eigenvalue weighted by Gasteiger charge is -2.42. The third-order valence-electron chi connectivity index (χ3n) is 3.36. The van der Waals surface area contributed by atoms with Gasteiger partial charge in [0.25, 0.3) is 0 Å². The summed E-state index contributed by atoms with van der Waals surface area (Å²) in [6.07, 6.45) is 3.37. The van der Waals surface area contributed by atoms with E-state index in [1.807, 2.05) is 0 Å². The summed E-state index contributed by atoms with van der Waals surface area (Å²) < 4.78 is 12.9. The molecule has 0 radical (unpaired) electrons. The van der Waals surface area contributed by atoms with Crippen LogP contribution in [0.4, 0.5) is 14.9 Å². The molecule has 1 aliphatic carbocycles. The predicted octanol–water partition coefficient (Wildman–Crippen LogP) is 2.25. The molecule has 0 saturated heterocycles. The minimum absolute atomic E-state index is 0.0558. The van der Waals surface area contributed by atoms with Gasteiger partial charge in [-0.1, -0.05) is 6.07 Å². The third kappa shape index (κ3) is 2.98. The smallest absolute Gasteiger partial charge is 0.319 e. The Bertz CT molecular complexity index is 433. The lowest BCUT2D eigenvalue weighted by Crippen LogP contribution is -2.55. The highest BCUT2D eigenvalue weighted by Crippen LogP contribution is 2.34. The number of hydrogen-bond acceptors (Lipinski definition) is 2. The molecule has 1 aromatic carbocycles. The van der Waals surface area contributed by atoms with Crippen molar-refractivity contribution >= 4 is 11.7 Å². The van der Waals surface area contributed by atoms with E-state index in [4.69, 9.17) is 5.11 Å². The molecule has 1 fully saturated rings. The molecule has 0 aliphatic heterocycles. The minimum Gasteiger partial charge on any atom is -0.396 e. The van der Waals surface area contributed by atoms with E-state index in [1.165, 1.54) is 18.2 Å². The molecule has 3 N–H and O–H groups in total. The fraction of sp³-hybridized carbons (Fsp3) is 0.462. The molecule has 1 saturated carbocycles. The van der Waals surface area contributed by atoms with Crippen LogP contribution in [-0.2, 0) is 0 Å². The van der Waals surface area contributed by atoms with Gasteiger partial charge in [0.05, 0.1) is 0 Å². The van der Waals surface area contributed by atoms with Crippen molar-refractivity contribution in [1.29, 1.82) is 0 Å². The molecule has 5 heteroatoms. The van der Waals surface area contributed by atoms with Crippen LogP contribution in [0.3, 0.4) is 0 Å². The van der Waals surface area contributed by atoms with E-state index in [0.29, 0.717) is 12.1 Å². The van der Waals surface area contributed by atoms with E-state index >= 15 is 0 Å². The Hall–Kier alpha value is -1.62. The fourth-order valence-corrected chi connectivity index (χ4v) is 2.22. The molecule has 0 bridgehead atoms. The second kappa shape index (κ2) is 5.35. The number of urea groups is 1. The highest BCUT2D eigenvalue weighted by molar-refractivity contribution is 5.89. The van der Waals surface area contributed by atoms with Gasteiger partial charge in [0.2, 0.25) is 0 Å². The Morgan fingerprint density at radius 3 is 2.78 bits per heavy atom. The number of rotatable bonds is 4. The quantitative estimate of drug-likeness (QED) is 0.769. The van der Waals surface area contributed by atoms with Crippen LogP contribution in [0.25, 0.3) is 0 Å². The SMILES string of the molecule is O=C(Nc1cccc(F)c1)NC1(CCO)CCC1.